The second kappa shape index (κ2) is 10.2. The number of hydrogen-bond acceptors (Lipinski definition) is 5. The van der Waals surface area contributed by atoms with Gasteiger partial charge in [-0.15, -0.1) is 0 Å². The van der Waals surface area contributed by atoms with E-state index in [0.717, 1.165) is 30.5 Å². The predicted octanol–water partition coefficient (Wildman–Crippen LogP) is 2.71. The van der Waals surface area contributed by atoms with Crippen molar-refractivity contribution in [3.8, 4) is 5.75 Å². The van der Waals surface area contributed by atoms with Gasteiger partial charge in [0.05, 0.1) is 24.2 Å². The van der Waals surface area contributed by atoms with Crippen LogP contribution >= 0.6 is 0 Å². The fourth-order valence-corrected chi connectivity index (χ4v) is 3.99. The van der Waals surface area contributed by atoms with Crippen molar-refractivity contribution in [3.63, 3.8) is 0 Å². The largest absolute Gasteiger partial charge is 0.493 e. The zero-order valence-electron chi connectivity index (χ0n) is 18.3. The van der Waals surface area contributed by atoms with Gasteiger partial charge >= 0.3 is 0 Å². The molecule has 1 saturated heterocycles. The summed E-state index contributed by atoms with van der Waals surface area (Å²) in [5.41, 5.74) is 2.67. The maximum atomic E-state index is 12.6. The van der Waals surface area contributed by atoms with E-state index in [-0.39, 0.29) is 18.4 Å². The molecule has 0 aliphatic carbocycles. The molecule has 2 aromatic carbocycles. The first kappa shape index (κ1) is 21.8. The van der Waals surface area contributed by atoms with Crippen LogP contribution in [0.25, 0.3) is 10.9 Å². The fourth-order valence-electron chi connectivity index (χ4n) is 3.99. The molecular formula is C25H28N4O3. The lowest BCUT2D eigenvalue weighted by molar-refractivity contribution is -0.131. The van der Waals surface area contributed by atoms with E-state index in [1.807, 2.05) is 30.2 Å². The van der Waals surface area contributed by atoms with Crippen LogP contribution in [0.5, 0.6) is 5.75 Å². The summed E-state index contributed by atoms with van der Waals surface area (Å²) < 4.78 is 5.50. The molecule has 0 saturated carbocycles. The SMILES string of the molecule is CCOc1ccccc1C(=O)NCC(=O)N1CCN(Cc2cccc3cccnc23)CC1. The van der Waals surface area contributed by atoms with Crippen molar-refractivity contribution < 1.29 is 14.3 Å². The molecule has 7 heteroatoms. The monoisotopic (exact) mass is 432 g/mol. The molecule has 0 radical (unpaired) electrons. The number of piperazine rings is 1. The van der Waals surface area contributed by atoms with Crippen molar-refractivity contribution in [1.82, 2.24) is 20.1 Å². The summed E-state index contributed by atoms with van der Waals surface area (Å²) in [5.74, 6) is 0.152. The van der Waals surface area contributed by atoms with Crippen LogP contribution in [0.2, 0.25) is 0 Å². The molecule has 1 aromatic heterocycles. The van der Waals surface area contributed by atoms with E-state index in [2.05, 4.69) is 39.5 Å². The Morgan fingerprint density at radius 1 is 1.00 bits per heavy atom. The summed E-state index contributed by atoms with van der Waals surface area (Å²) in [5, 5.41) is 3.87. The molecule has 1 aliphatic heterocycles. The third-order valence-corrected chi connectivity index (χ3v) is 5.67. The zero-order valence-corrected chi connectivity index (χ0v) is 18.3. The quantitative estimate of drug-likeness (QED) is 0.621. The lowest BCUT2D eigenvalue weighted by atomic mass is 10.1. The van der Waals surface area contributed by atoms with E-state index < -0.39 is 0 Å². The Hall–Kier alpha value is -3.45. The maximum Gasteiger partial charge on any atom is 0.255 e. The van der Waals surface area contributed by atoms with Crippen LogP contribution in [-0.2, 0) is 11.3 Å². The number of pyridine rings is 1. The van der Waals surface area contributed by atoms with Gasteiger partial charge in [0.15, 0.2) is 0 Å². The number of nitrogens with zero attached hydrogens (tertiary/aromatic N) is 3. The summed E-state index contributed by atoms with van der Waals surface area (Å²) in [4.78, 5) is 33.8. The molecular weight excluding hydrogens is 404 g/mol. The van der Waals surface area contributed by atoms with E-state index >= 15 is 0 Å². The molecule has 1 aliphatic rings. The third kappa shape index (κ3) is 5.06. The number of rotatable bonds is 7. The van der Waals surface area contributed by atoms with Crippen molar-refractivity contribution in [2.24, 2.45) is 0 Å². The molecule has 2 heterocycles. The summed E-state index contributed by atoms with van der Waals surface area (Å²) in [7, 11) is 0. The Labute approximate surface area is 188 Å². The first-order valence-electron chi connectivity index (χ1n) is 11.0. The van der Waals surface area contributed by atoms with Gasteiger partial charge in [0, 0.05) is 44.3 Å². The highest BCUT2D eigenvalue weighted by Gasteiger charge is 2.22. The second-order valence-electron chi connectivity index (χ2n) is 7.76. The molecule has 1 fully saturated rings. The van der Waals surface area contributed by atoms with Gasteiger partial charge in [-0.25, -0.2) is 0 Å². The molecule has 0 atom stereocenters. The first-order valence-corrected chi connectivity index (χ1v) is 11.0. The van der Waals surface area contributed by atoms with Crippen molar-refractivity contribution >= 4 is 22.7 Å². The number of nitrogens with one attached hydrogen (secondary N) is 1. The molecule has 2 amide bonds. The van der Waals surface area contributed by atoms with Crippen molar-refractivity contribution in [2.45, 2.75) is 13.5 Å². The second-order valence-corrected chi connectivity index (χ2v) is 7.76. The molecule has 7 nitrogen and oxygen atoms in total. The van der Waals surface area contributed by atoms with Crippen molar-refractivity contribution in [1.29, 1.82) is 0 Å². The Morgan fingerprint density at radius 3 is 2.59 bits per heavy atom. The highest BCUT2D eigenvalue weighted by molar-refractivity contribution is 5.98. The van der Waals surface area contributed by atoms with Crippen molar-refractivity contribution in [3.05, 3.63) is 71.9 Å². The Bertz CT molecular complexity index is 1090. The molecule has 3 aromatic rings. The van der Waals surface area contributed by atoms with Crippen LogP contribution in [0, 0.1) is 0 Å². The Balaban J connectivity index is 1.28. The third-order valence-electron chi connectivity index (χ3n) is 5.67. The minimum absolute atomic E-state index is 0.0213. The average Bonchev–Trinajstić information content (AvgIpc) is 2.83. The first-order chi connectivity index (χ1) is 15.7. The lowest BCUT2D eigenvalue weighted by Crippen LogP contribution is -2.50. The standard InChI is InChI=1S/C25H28N4O3/c1-2-32-22-11-4-3-10-21(22)25(31)27-17-23(30)29-15-13-28(14-16-29)18-20-8-5-7-19-9-6-12-26-24(19)20/h3-12H,2,13-18H2,1H3,(H,27,31). The number of amides is 2. The van der Waals surface area contributed by atoms with E-state index in [9.17, 15) is 9.59 Å². The van der Waals surface area contributed by atoms with Gasteiger partial charge in [0.1, 0.15) is 5.75 Å². The minimum Gasteiger partial charge on any atom is -0.493 e. The van der Waals surface area contributed by atoms with Gasteiger partial charge < -0.3 is 15.0 Å². The number of aromatic nitrogens is 1. The van der Waals surface area contributed by atoms with Crippen LogP contribution in [0.3, 0.4) is 0 Å². The van der Waals surface area contributed by atoms with E-state index in [4.69, 9.17) is 4.74 Å². The highest BCUT2D eigenvalue weighted by atomic mass is 16.5. The minimum atomic E-state index is -0.301. The summed E-state index contributed by atoms with van der Waals surface area (Å²) in [6, 6.07) is 17.3. The number of ether oxygens (including phenoxy) is 1. The van der Waals surface area contributed by atoms with E-state index in [0.29, 0.717) is 31.0 Å². The van der Waals surface area contributed by atoms with Crippen LogP contribution in [0.15, 0.2) is 60.8 Å². The smallest absolute Gasteiger partial charge is 0.255 e. The van der Waals surface area contributed by atoms with Gasteiger partial charge in [0.25, 0.3) is 5.91 Å². The van der Waals surface area contributed by atoms with Crippen LogP contribution in [0.1, 0.15) is 22.8 Å². The molecule has 1 N–H and O–H groups in total. The van der Waals surface area contributed by atoms with Gasteiger partial charge in [0.2, 0.25) is 5.91 Å². The molecule has 4 rings (SSSR count). The van der Waals surface area contributed by atoms with Crippen LogP contribution in [0.4, 0.5) is 0 Å². The Morgan fingerprint density at radius 2 is 1.78 bits per heavy atom. The molecule has 0 bridgehead atoms. The lowest BCUT2D eigenvalue weighted by Gasteiger charge is -2.35. The highest BCUT2D eigenvalue weighted by Crippen LogP contribution is 2.19. The molecule has 166 valence electrons. The van der Waals surface area contributed by atoms with Crippen molar-refractivity contribution in [2.75, 3.05) is 39.3 Å². The van der Waals surface area contributed by atoms with E-state index in [1.54, 1.807) is 18.2 Å². The van der Waals surface area contributed by atoms with Crippen LogP contribution in [-0.4, -0.2) is 65.9 Å². The van der Waals surface area contributed by atoms with Gasteiger partial charge in [-0.05, 0) is 30.7 Å². The average molecular weight is 433 g/mol. The zero-order chi connectivity index (χ0) is 22.3. The number of para-hydroxylation sites is 2. The normalized spacial score (nSPS) is 14.3. The summed E-state index contributed by atoms with van der Waals surface area (Å²) in [6.07, 6.45) is 1.82. The maximum absolute atomic E-state index is 12.6. The van der Waals surface area contributed by atoms with Gasteiger partial charge in [-0.3, -0.25) is 19.5 Å². The summed E-state index contributed by atoms with van der Waals surface area (Å²) >= 11 is 0. The molecule has 0 spiro atoms. The number of benzene rings is 2. The molecule has 0 unspecified atom stereocenters. The number of carbonyl (C=O) groups is 2. The van der Waals surface area contributed by atoms with Gasteiger partial charge in [-0.2, -0.15) is 0 Å². The number of hydrogen-bond donors (Lipinski definition) is 1. The topological polar surface area (TPSA) is 74.8 Å². The van der Waals surface area contributed by atoms with Crippen LogP contribution < -0.4 is 10.1 Å². The predicted molar refractivity (Wildman–Crippen MR) is 124 cm³/mol. The Kier molecular flexibility index (Phi) is 6.97. The summed E-state index contributed by atoms with van der Waals surface area (Å²) in [6.45, 7) is 5.99. The van der Waals surface area contributed by atoms with Gasteiger partial charge in [-0.1, -0.05) is 36.4 Å². The van der Waals surface area contributed by atoms with E-state index in [1.165, 1.54) is 5.56 Å². The fraction of sp³-hybridized carbons (Fsp3) is 0.320. The number of fused-ring (bicyclic) bond motifs is 1. The molecule has 32 heavy (non-hydrogen) atoms. The number of carbonyl (C=O) groups excluding carboxylic acids is 2.